The SMILES string of the molecule is CC(C)CC(=O)Nc1cncc(-c2cc3c(-c4cc5c(-c6cccc(F)c6)ccnc5[nH]4)n[nH]c3cn2)c1. The Balaban J connectivity index is 1.38. The molecule has 1 amide bonds. The number of amides is 1. The highest BCUT2D eigenvalue weighted by atomic mass is 19.1. The van der Waals surface area contributed by atoms with Crippen molar-refractivity contribution in [1.82, 2.24) is 30.1 Å². The van der Waals surface area contributed by atoms with Gasteiger partial charge in [-0.25, -0.2) is 9.37 Å². The third kappa shape index (κ3) is 4.50. The van der Waals surface area contributed by atoms with Gasteiger partial charge in [0.1, 0.15) is 17.2 Å². The summed E-state index contributed by atoms with van der Waals surface area (Å²) in [6, 6.07) is 14.2. The molecule has 8 nitrogen and oxygen atoms in total. The van der Waals surface area contributed by atoms with Crippen LogP contribution in [0.15, 0.2) is 73.3 Å². The number of nitrogens with zero attached hydrogens (tertiary/aromatic N) is 4. The van der Waals surface area contributed by atoms with E-state index in [1.54, 1.807) is 30.9 Å². The number of rotatable bonds is 6. The smallest absolute Gasteiger partial charge is 0.224 e. The lowest BCUT2D eigenvalue weighted by atomic mass is 10.0. The Morgan fingerprint density at radius 3 is 2.74 bits per heavy atom. The van der Waals surface area contributed by atoms with Gasteiger partial charge in [0, 0.05) is 35.2 Å². The third-order valence-electron chi connectivity index (χ3n) is 6.28. The summed E-state index contributed by atoms with van der Waals surface area (Å²) < 4.78 is 13.9. The number of aromatic amines is 2. The van der Waals surface area contributed by atoms with Crippen LogP contribution in [0.25, 0.3) is 55.7 Å². The number of nitrogens with one attached hydrogen (secondary N) is 3. The Labute approximate surface area is 217 Å². The molecule has 0 radical (unpaired) electrons. The second-order valence-electron chi connectivity index (χ2n) is 9.61. The maximum Gasteiger partial charge on any atom is 0.224 e. The number of H-pyrrole nitrogens is 2. The zero-order valence-electron chi connectivity index (χ0n) is 20.8. The molecule has 0 saturated heterocycles. The fourth-order valence-corrected chi connectivity index (χ4v) is 4.57. The number of carbonyl (C=O) groups is 1. The molecule has 5 heterocycles. The van der Waals surface area contributed by atoms with Crippen LogP contribution in [0.4, 0.5) is 10.1 Å². The summed E-state index contributed by atoms with van der Waals surface area (Å²) >= 11 is 0. The molecule has 188 valence electrons. The highest BCUT2D eigenvalue weighted by molar-refractivity contribution is 6.00. The number of benzene rings is 1. The number of anilines is 1. The first-order chi connectivity index (χ1) is 18.4. The molecule has 38 heavy (non-hydrogen) atoms. The van der Waals surface area contributed by atoms with Crippen LogP contribution < -0.4 is 5.32 Å². The monoisotopic (exact) mass is 505 g/mol. The van der Waals surface area contributed by atoms with E-state index in [1.165, 1.54) is 12.1 Å². The number of halogens is 1. The summed E-state index contributed by atoms with van der Waals surface area (Å²) in [5.74, 6) is -0.0800. The second-order valence-corrected chi connectivity index (χ2v) is 9.61. The van der Waals surface area contributed by atoms with Gasteiger partial charge in [0.15, 0.2) is 0 Å². The molecular formula is C29H24FN7O. The Hall–Kier alpha value is -4.92. The first kappa shape index (κ1) is 23.5. The fourth-order valence-electron chi connectivity index (χ4n) is 4.57. The Morgan fingerprint density at radius 2 is 1.89 bits per heavy atom. The minimum absolute atomic E-state index is 0.0514. The first-order valence-corrected chi connectivity index (χ1v) is 12.3. The molecule has 0 fully saturated rings. The highest BCUT2D eigenvalue weighted by Gasteiger charge is 2.16. The van der Waals surface area contributed by atoms with Crippen LogP contribution >= 0.6 is 0 Å². The van der Waals surface area contributed by atoms with Crippen molar-refractivity contribution in [3.05, 3.63) is 79.1 Å². The topological polar surface area (TPSA) is 112 Å². The van der Waals surface area contributed by atoms with E-state index >= 15 is 0 Å². The Bertz CT molecular complexity index is 1800. The molecule has 5 aromatic heterocycles. The van der Waals surface area contributed by atoms with E-state index in [-0.39, 0.29) is 17.6 Å². The maximum atomic E-state index is 13.9. The summed E-state index contributed by atoms with van der Waals surface area (Å²) in [5, 5.41) is 12.2. The van der Waals surface area contributed by atoms with Gasteiger partial charge in [-0.1, -0.05) is 26.0 Å². The normalized spacial score (nSPS) is 11.5. The number of pyridine rings is 3. The van der Waals surface area contributed by atoms with Gasteiger partial charge in [-0.2, -0.15) is 5.10 Å². The average molecular weight is 506 g/mol. The molecule has 0 atom stereocenters. The van der Waals surface area contributed by atoms with Gasteiger partial charge >= 0.3 is 0 Å². The minimum atomic E-state index is -0.292. The fraction of sp³-hybridized carbons (Fsp3) is 0.138. The number of hydrogen-bond acceptors (Lipinski definition) is 5. The average Bonchev–Trinajstić information content (AvgIpc) is 3.52. The van der Waals surface area contributed by atoms with Crippen molar-refractivity contribution >= 4 is 33.5 Å². The van der Waals surface area contributed by atoms with E-state index in [0.717, 1.165) is 38.7 Å². The molecule has 0 aliphatic carbocycles. The van der Waals surface area contributed by atoms with Crippen LogP contribution in [0.3, 0.4) is 0 Å². The predicted molar refractivity (Wildman–Crippen MR) is 146 cm³/mol. The van der Waals surface area contributed by atoms with Crippen molar-refractivity contribution in [2.24, 2.45) is 5.92 Å². The van der Waals surface area contributed by atoms with Crippen molar-refractivity contribution in [2.45, 2.75) is 20.3 Å². The second kappa shape index (κ2) is 9.51. The molecule has 0 aliphatic heterocycles. The van der Waals surface area contributed by atoms with E-state index in [4.69, 9.17) is 0 Å². The zero-order chi connectivity index (χ0) is 26.2. The number of fused-ring (bicyclic) bond motifs is 2. The summed E-state index contributed by atoms with van der Waals surface area (Å²) in [5.41, 5.74) is 6.67. The summed E-state index contributed by atoms with van der Waals surface area (Å²) in [4.78, 5) is 28.9. The standard InChI is InChI=1S/C29H24FN7O/c1-16(2)8-27(38)34-20-10-18(13-31-14-20)24-12-23-26(15-33-24)36-37-28(23)25-11-22-21(6-7-32-29(22)35-25)17-4-3-5-19(30)9-17/h3-7,9-16H,8H2,1-2H3,(H,32,35)(H,34,38)(H,36,37). The summed E-state index contributed by atoms with van der Waals surface area (Å²) in [7, 11) is 0. The zero-order valence-corrected chi connectivity index (χ0v) is 20.8. The van der Waals surface area contributed by atoms with E-state index in [9.17, 15) is 9.18 Å². The van der Waals surface area contributed by atoms with Crippen molar-refractivity contribution in [1.29, 1.82) is 0 Å². The van der Waals surface area contributed by atoms with Gasteiger partial charge in [-0.05, 0) is 53.4 Å². The van der Waals surface area contributed by atoms with E-state index in [0.29, 0.717) is 29.1 Å². The van der Waals surface area contributed by atoms with Crippen molar-refractivity contribution in [3.8, 4) is 33.8 Å². The van der Waals surface area contributed by atoms with Crippen LogP contribution in [0, 0.1) is 11.7 Å². The molecule has 0 saturated carbocycles. The molecule has 0 bridgehead atoms. The Morgan fingerprint density at radius 1 is 1.00 bits per heavy atom. The van der Waals surface area contributed by atoms with Gasteiger partial charge in [-0.15, -0.1) is 0 Å². The van der Waals surface area contributed by atoms with E-state index in [1.807, 2.05) is 44.2 Å². The third-order valence-corrected chi connectivity index (χ3v) is 6.28. The molecule has 6 rings (SSSR count). The van der Waals surface area contributed by atoms with E-state index < -0.39 is 0 Å². The van der Waals surface area contributed by atoms with Crippen LogP contribution in [-0.2, 0) is 4.79 Å². The lowest BCUT2D eigenvalue weighted by Gasteiger charge is -2.08. The summed E-state index contributed by atoms with van der Waals surface area (Å²) in [6.45, 7) is 4.00. The Kier molecular flexibility index (Phi) is 5.88. The van der Waals surface area contributed by atoms with Gasteiger partial charge in [0.25, 0.3) is 0 Å². The van der Waals surface area contributed by atoms with Gasteiger partial charge in [-0.3, -0.25) is 19.9 Å². The lowest BCUT2D eigenvalue weighted by Crippen LogP contribution is -2.13. The maximum absolute atomic E-state index is 13.9. The van der Waals surface area contributed by atoms with Crippen LogP contribution in [-0.4, -0.2) is 36.0 Å². The number of hydrogen-bond donors (Lipinski definition) is 3. The quantitative estimate of drug-likeness (QED) is 0.244. The van der Waals surface area contributed by atoms with Crippen molar-refractivity contribution < 1.29 is 9.18 Å². The van der Waals surface area contributed by atoms with Crippen LogP contribution in [0.2, 0.25) is 0 Å². The van der Waals surface area contributed by atoms with E-state index in [2.05, 4.69) is 35.5 Å². The van der Waals surface area contributed by atoms with Crippen molar-refractivity contribution in [3.63, 3.8) is 0 Å². The van der Waals surface area contributed by atoms with Crippen LogP contribution in [0.1, 0.15) is 20.3 Å². The molecule has 3 N–H and O–H groups in total. The molecular weight excluding hydrogens is 481 g/mol. The molecule has 0 spiro atoms. The number of aromatic nitrogens is 6. The number of carbonyl (C=O) groups excluding carboxylic acids is 1. The highest BCUT2D eigenvalue weighted by Crippen LogP contribution is 2.34. The summed E-state index contributed by atoms with van der Waals surface area (Å²) in [6.07, 6.45) is 7.20. The van der Waals surface area contributed by atoms with Crippen molar-refractivity contribution in [2.75, 3.05) is 5.32 Å². The lowest BCUT2D eigenvalue weighted by molar-refractivity contribution is -0.116. The minimum Gasteiger partial charge on any atom is -0.338 e. The molecule has 0 unspecified atom stereocenters. The van der Waals surface area contributed by atoms with Crippen LogP contribution in [0.5, 0.6) is 0 Å². The molecule has 1 aromatic carbocycles. The largest absolute Gasteiger partial charge is 0.338 e. The van der Waals surface area contributed by atoms with Gasteiger partial charge < -0.3 is 10.3 Å². The molecule has 6 aromatic rings. The van der Waals surface area contributed by atoms with Gasteiger partial charge in [0.2, 0.25) is 5.91 Å². The first-order valence-electron chi connectivity index (χ1n) is 12.3. The van der Waals surface area contributed by atoms with Gasteiger partial charge in [0.05, 0.1) is 35.0 Å². The molecule has 9 heteroatoms. The molecule has 0 aliphatic rings. The predicted octanol–water partition coefficient (Wildman–Crippen LogP) is 6.35.